The van der Waals surface area contributed by atoms with E-state index in [-0.39, 0.29) is 28.7 Å². The molecule has 0 N–H and O–H groups in total. The summed E-state index contributed by atoms with van der Waals surface area (Å²) < 4.78 is 67.9. The van der Waals surface area contributed by atoms with Gasteiger partial charge in [-0.05, 0) is 48.9 Å². The fourth-order valence-electron chi connectivity index (χ4n) is 3.24. The number of benzene rings is 2. The van der Waals surface area contributed by atoms with Gasteiger partial charge < -0.3 is 9.64 Å². The van der Waals surface area contributed by atoms with Crippen LogP contribution in [0.1, 0.15) is 35.7 Å². The summed E-state index contributed by atoms with van der Waals surface area (Å²) in [6, 6.07) is 8.23. The summed E-state index contributed by atoms with van der Waals surface area (Å²) in [4.78, 5) is 14.5. The van der Waals surface area contributed by atoms with E-state index in [1.54, 1.807) is 18.2 Å². The number of hydrogen-bond acceptors (Lipinski definition) is 4. The third-order valence-corrected chi connectivity index (χ3v) is 6.23. The van der Waals surface area contributed by atoms with Gasteiger partial charge in [-0.3, -0.25) is 4.79 Å². The number of fused-ring (bicyclic) bond motifs is 1. The first-order chi connectivity index (χ1) is 13.8. The second-order valence-corrected chi connectivity index (χ2v) is 9.70. The Bertz CT molecular complexity index is 1100. The van der Waals surface area contributed by atoms with E-state index in [4.69, 9.17) is 16.3 Å². The minimum absolute atomic E-state index is 0.0563. The largest absolute Gasteiger partial charge is 0.480 e. The van der Waals surface area contributed by atoms with Crippen molar-refractivity contribution in [1.82, 2.24) is 0 Å². The zero-order valence-corrected chi connectivity index (χ0v) is 17.9. The SMILES string of the molecule is CC1CN(C(=O)c2cc(S(C)(=O)=O)ccc2O[C@@H](C)C(F)(F)F)c2ccc(Cl)cc21. The molecule has 2 aromatic carbocycles. The number of halogens is 4. The van der Waals surface area contributed by atoms with Crippen LogP contribution in [-0.4, -0.2) is 39.4 Å². The molecule has 2 aromatic rings. The molecule has 1 heterocycles. The Morgan fingerprint density at radius 1 is 1.23 bits per heavy atom. The van der Waals surface area contributed by atoms with Crippen molar-refractivity contribution in [2.45, 2.75) is 36.9 Å². The molecule has 5 nitrogen and oxygen atoms in total. The highest BCUT2D eigenvalue weighted by Crippen LogP contribution is 2.39. The molecular weight excluding hydrogens is 443 g/mol. The van der Waals surface area contributed by atoms with E-state index in [0.717, 1.165) is 36.9 Å². The Hall–Kier alpha value is -2.26. The number of anilines is 1. The van der Waals surface area contributed by atoms with Gasteiger partial charge in [-0.2, -0.15) is 13.2 Å². The Balaban J connectivity index is 2.08. The van der Waals surface area contributed by atoms with Crippen LogP contribution in [0.25, 0.3) is 0 Å². The highest BCUT2D eigenvalue weighted by atomic mass is 35.5. The summed E-state index contributed by atoms with van der Waals surface area (Å²) in [6.07, 6.45) is -5.89. The number of hydrogen-bond donors (Lipinski definition) is 0. The molecule has 0 saturated heterocycles. The average molecular weight is 462 g/mol. The summed E-state index contributed by atoms with van der Waals surface area (Å²) in [5.74, 6) is -1.05. The maximum absolute atomic E-state index is 13.3. The van der Waals surface area contributed by atoms with Crippen LogP contribution in [-0.2, 0) is 9.84 Å². The Morgan fingerprint density at radius 2 is 1.90 bits per heavy atom. The standard InChI is InChI=1S/C20H19ClF3NO4S/c1-11-10-25(17-6-4-13(21)8-15(11)17)19(26)16-9-14(30(3,27)28)5-7-18(16)29-12(2)20(22,23)24/h4-9,11-12H,10H2,1-3H3/t11?,12-/m0/s1. The van der Waals surface area contributed by atoms with E-state index in [9.17, 15) is 26.4 Å². The van der Waals surface area contributed by atoms with Gasteiger partial charge in [-0.15, -0.1) is 0 Å². The normalized spacial score (nSPS) is 17.6. The number of sulfone groups is 1. The summed E-state index contributed by atoms with van der Waals surface area (Å²) >= 11 is 6.03. The van der Waals surface area contributed by atoms with Crippen molar-refractivity contribution < 1.29 is 31.1 Å². The lowest BCUT2D eigenvalue weighted by Gasteiger charge is -2.23. The molecule has 162 valence electrons. The summed E-state index contributed by atoms with van der Waals surface area (Å²) in [5, 5.41) is 0.497. The van der Waals surface area contributed by atoms with Crippen molar-refractivity contribution in [3.63, 3.8) is 0 Å². The highest BCUT2D eigenvalue weighted by Gasteiger charge is 2.39. The van der Waals surface area contributed by atoms with Gasteiger partial charge in [-0.25, -0.2) is 8.42 Å². The quantitative estimate of drug-likeness (QED) is 0.653. The maximum atomic E-state index is 13.3. The number of amides is 1. The van der Waals surface area contributed by atoms with E-state index >= 15 is 0 Å². The topological polar surface area (TPSA) is 63.7 Å². The summed E-state index contributed by atoms with van der Waals surface area (Å²) in [6.45, 7) is 2.97. The summed E-state index contributed by atoms with van der Waals surface area (Å²) in [7, 11) is -3.70. The first kappa shape index (κ1) is 22.4. The molecule has 0 aromatic heterocycles. The fraction of sp³-hybridized carbons (Fsp3) is 0.350. The molecule has 30 heavy (non-hydrogen) atoms. The molecular formula is C20H19ClF3NO4S. The molecule has 0 radical (unpaired) electrons. The van der Waals surface area contributed by atoms with Gasteiger partial charge in [0, 0.05) is 29.4 Å². The monoisotopic (exact) mass is 461 g/mol. The number of carbonyl (C=O) groups excluding carboxylic acids is 1. The second kappa shape index (κ2) is 7.77. The number of carbonyl (C=O) groups is 1. The van der Waals surface area contributed by atoms with Crippen LogP contribution in [0.5, 0.6) is 5.75 Å². The van der Waals surface area contributed by atoms with Gasteiger partial charge >= 0.3 is 6.18 Å². The number of rotatable bonds is 4. The van der Waals surface area contributed by atoms with Gasteiger partial charge in [0.25, 0.3) is 5.91 Å². The van der Waals surface area contributed by atoms with Gasteiger partial charge in [0.1, 0.15) is 5.75 Å². The van der Waals surface area contributed by atoms with Crippen LogP contribution >= 0.6 is 11.6 Å². The van der Waals surface area contributed by atoms with E-state index in [1.165, 1.54) is 4.90 Å². The van der Waals surface area contributed by atoms with Crippen molar-refractivity contribution >= 4 is 33.0 Å². The molecule has 0 saturated carbocycles. The molecule has 0 spiro atoms. The third kappa shape index (κ3) is 4.41. The first-order valence-corrected chi connectivity index (χ1v) is 11.2. The van der Waals surface area contributed by atoms with E-state index < -0.39 is 28.0 Å². The number of ether oxygens (including phenoxy) is 1. The number of nitrogens with zero attached hydrogens (tertiary/aromatic N) is 1. The molecule has 2 atom stereocenters. The maximum Gasteiger partial charge on any atom is 0.425 e. The third-order valence-electron chi connectivity index (χ3n) is 4.89. The molecule has 3 rings (SSSR count). The Labute approximate surface area is 177 Å². The molecule has 1 aliphatic heterocycles. The van der Waals surface area contributed by atoms with Crippen molar-refractivity contribution in [1.29, 1.82) is 0 Å². The van der Waals surface area contributed by atoms with Crippen LogP contribution in [0.4, 0.5) is 18.9 Å². The smallest absolute Gasteiger partial charge is 0.425 e. The average Bonchev–Trinajstić information content (AvgIpc) is 2.96. The van der Waals surface area contributed by atoms with Crippen LogP contribution in [0.15, 0.2) is 41.3 Å². The van der Waals surface area contributed by atoms with Gasteiger partial charge in [0.05, 0.1) is 10.5 Å². The predicted octanol–water partition coefficient (Wildman–Crippen LogP) is 4.84. The van der Waals surface area contributed by atoms with E-state index in [1.807, 2.05) is 6.92 Å². The molecule has 1 amide bonds. The van der Waals surface area contributed by atoms with Crippen molar-refractivity contribution in [2.24, 2.45) is 0 Å². The Morgan fingerprint density at radius 3 is 2.50 bits per heavy atom. The van der Waals surface area contributed by atoms with Crippen LogP contribution in [0, 0.1) is 0 Å². The Kier molecular flexibility index (Phi) is 5.81. The van der Waals surface area contributed by atoms with Gasteiger partial charge in [0.2, 0.25) is 0 Å². The molecule has 0 bridgehead atoms. The fourth-order valence-corrected chi connectivity index (χ4v) is 4.07. The molecule has 1 aliphatic rings. The lowest BCUT2D eigenvalue weighted by Crippen LogP contribution is -2.33. The van der Waals surface area contributed by atoms with Gasteiger partial charge in [-0.1, -0.05) is 18.5 Å². The molecule has 10 heteroatoms. The van der Waals surface area contributed by atoms with Gasteiger partial charge in [0.15, 0.2) is 15.9 Å². The van der Waals surface area contributed by atoms with Crippen LogP contribution < -0.4 is 9.64 Å². The molecule has 0 aliphatic carbocycles. The molecule has 0 fully saturated rings. The molecule has 1 unspecified atom stereocenters. The zero-order valence-electron chi connectivity index (χ0n) is 16.3. The van der Waals surface area contributed by atoms with Crippen molar-refractivity contribution in [3.05, 3.63) is 52.5 Å². The summed E-state index contributed by atoms with van der Waals surface area (Å²) in [5.41, 5.74) is 1.13. The predicted molar refractivity (Wildman–Crippen MR) is 107 cm³/mol. The highest BCUT2D eigenvalue weighted by molar-refractivity contribution is 7.90. The number of alkyl halides is 3. The van der Waals surface area contributed by atoms with E-state index in [0.29, 0.717) is 10.7 Å². The first-order valence-electron chi connectivity index (χ1n) is 8.98. The van der Waals surface area contributed by atoms with Crippen molar-refractivity contribution in [3.8, 4) is 5.75 Å². The minimum Gasteiger partial charge on any atom is -0.480 e. The van der Waals surface area contributed by atoms with E-state index in [2.05, 4.69) is 0 Å². The minimum atomic E-state index is -4.65. The second-order valence-electron chi connectivity index (χ2n) is 7.25. The van der Waals surface area contributed by atoms with Crippen LogP contribution in [0.2, 0.25) is 5.02 Å². The lowest BCUT2D eigenvalue weighted by atomic mass is 10.0. The zero-order chi connectivity index (χ0) is 22.4. The van der Waals surface area contributed by atoms with Crippen molar-refractivity contribution in [2.75, 3.05) is 17.7 Å². The van der Waals surface area contributed by atoms with Crippen LogP contribution in [0.3, 0.4) is 0 Å². The lowest BCUT2D eigenvalue weighted by molar-refractivity contribution is -0.189.